The molecule has 0 spiro atoms. The predicted octanol–water partition coefficient (Wildman–Crippen LogP) is 0.221. The molecular formula is C5H7F4NO. The van der Waals surface area contributed by atoms with E-state index in [9.17, 15) is 17.6 Å². The van der Waals surface area contributed by atoms with Gasteiger partial charge in [0, 0.05) is 13.1 Å². The first-order valence-electron chi connectivity index (χ1n) is 3.00. The lowest BCUT2D eigenvalue weighted by Crippen LogP contribution is -2.67. The van der Waals surface area contributed by atoms with Gasteiger partial charge in [-0.05, 0) is 0 Å². The molecule has 0 saturated carbocycles. The lowest BCUT2D eigenvalue weighted by atomic mass is 9.91. The fourth-order valence-electron chi connectivity index (χ4n) is 0.865. The first kappa shape index (κ1) is 8.73. The maximum Gasteiger partial charge on any atom is 0.422 e. The van der Waals surface area contributed by atoms with E-state index in [4.69, 9.17) is 5.11 Å². The Hall–Kier alpha value is -0.360. The van der Waals surface area contributed by atoms with Gasteiger partial charge < -0.3 is 10.4 Å². The summed E-state index contributed by atoms with van der Waals surface area (Å²) in [5, 5.41) is 11.2. The summed E-state index contributed by atoms with van der Waals surface area (Å²) in [4.78, 5) is 0. The molecule has 0 bridgehead atoms. The molecule has 1 saturated heterocycles. The lowest BCUT2D eigenvalue weighted by Gasteiger charge is -2.40. The van der Waals surface area contributed by atoms with Crippen LogP contribution in [0.25, 0.3) is 0 Å². The third kappa shape index (κ3) is 1.46. The van der Waals surface area contributed by atoms with Gasteiger partial charge in [0.1, 0.15) is 5.60 Å². The van der Waals surface area contributed by atoms with E-state index in [1.807, 2.05) is 0 Å². The van der Waals surface area contributed by atoms with Crippen LogP contribution < -0.4 is 5.32 Å². The summed E-state index contributed by atoms with van der Waals surface area (Å²) in [5.74, 6) is 0. The molecule has 1 unspecified atom stereocenters. The van der Waals surface area contributed by atoms with E-state index in [1.54, 1.807) is 0 Å². The van der Waals surface area contributed by atoms with Gasteiger partial charge in [-0.2, -0.15) is 13.2 Å². The van der Waals surface area contributed by atoms with Crippen LogP contribution in [0.5, 0.6) is 0 Å². The highest BCUT2D eigenvalue weighted by atomic mass is 19.4. The third-order valence-electron chi connectivity index (χ3n) is 1.62. The van der Waals surface area contributed by atoms with Crippen LogP contribution in [0.4, 0.5) is 17.6 Å². The molecule has 6 heteroatoms. The number of nitrogens with one attached hydrogen (secondary N) is 1. The molecule has 0 aromatic rings. The summed E-state index contributed by atoms with van der Waals surface area (Å²) in [6.07, 6.45) is -8.10. The molecule has 2 N–H and O–H groups in total. The number of alkyl halides is 4. The van der Waals surface area contributed by atoms with Gasteiger partial charge in [0.15, 0.2) is 0 Å². The average Bonchev–Trinajstić information content (AvgIpc) is 1.79. The van der Waals surface area contributed by atoms with Crippen LogP contribution in [-0.4, -0.2) is 36.1 Å². The van der Waals surface area contributed by atoms with Crippen molar-refractivity contribution in [3.05, 3.63) is 0 Å². The standard InChI is InChI=1S/C5H7F4NO/c6-3(5(7,8)9)4(11)1-10-2-4/h3,10-11H,1-2H2. The second kappa shape index (κ2) is 2.31. The van der Waals surface area contributed by atoms with Crippen LogP contribution in [-0.2, 0) is 0 Å². The van der Waals surface area contributed by atoms with Crippen LogP contribution in [0, 0.1) is 0 Å². The van der Waals surface area contributed by atoms with Crippen molar-refractivity contribution < 1.29 is 22.7 Å². The van der Waals surface area contributed by atoms with Crippen LogP contribution in [0.3, 0.4) is 0 Å². The van der Waals surface area contributed by atoms with Crippen molar-refractivity contribution in [2.75, 3.05) is 13.1 Å². The van der Waals surface area contributed by atoms with Gasteiger partial charge in [0.2, 0.25) is 6.17 Å². The number of rotatable bonds is 1. The molecule has 0 aromatic heterocycles. The van der Waals surface area contributed by atoms with Gasteiger partial charge in [-0.15, -0.1) is 0 Å². The third-order valence-corrected chi connectivity index (χ3v) is 1.62. The van der Waals surface area contributed by atoms with E-state index < -0.39 is 17.9 Å². The first-order valence-corrected chi connectivity index (χ1v) is 3.00. The van der Waals surface area contributed by atoms with Crippen molar-refractivity contribution in [1.29, 1.82) is 0 Å². The highest BCUT2D eigenvalue weighted by Crippen LogP contribution is 2.33. The molecule has 0 radical (unpaired) electrons. The Kier molecular flexibility index (Phi) is 1.84. The number of β-amino-alcohol motifs (C(OH)–C–C–N with tert-alkyl or cyclic N) is 1. The van der Waals surface area contributed by atoms with Crippen LogP contribution in [0.1, 0.15) is 0 Å². The molecule has 1 rings (SSSR count). The molecule has 1 aliphatic rings. The molecule has 2 nitrogen and oxygen atoms in total. The summed E-state index contributed by atoms with van der Waals surface area (Å²) < 4.78 is 47.1. The highest BCUT2D eigenvalue weighted by molar-refractivity contribution is 5.01. The van der Waals surface area contributed by atoms with Crippen molar-refractivity contribution in [2.24, 2.45) is 0 Å². The zero-order chi connectivity index (χ0) is 8.70. The minimum absolute atomic E-state index is 0.340. The number of hydrogen-bond donors (Lipinski definition) is 2. The van der Waals surface area contributed by atoms with E-state index in [0.29, 0.717) is 0 Å². The van der Waals surface area contributed by atoms with E-state index in [1.165, 1.54) is 0 Å². The molecule has 1 aliphatic heterocycles. The van der Waals surface area contributed by atoms with Gasteiger partial charge in [-0.1, -0.05) is 0 Å². The van der Waals surface area contributed by atoms with Crippen LogP contribution in [0.2, 0.25) is 0 Å². The molecular weight excluding hydrogens is 166 g/mol. The molecule has 1 heterocycles. The Labute approximate surface area is 60.2 Å². The SMILES string of the molecule is OC1(C(F)C(F)(F)F)CNC1. The van der Waals surface area contributed by atoms with Gasteiger partial charge >= 0.3 is 6.18 Å². The van der Waals surface area contributed by atoms with Crippen molar-refractivity contribution in [2.45, 2.75) is 17.9 Å². The van der Waals surface area contributed by atoms with E-state index >= 15 is 0 Å². The summed E-state index contributed by atoms with van der Waals surface area (Å²) in [5.41, 5.74) is -2.24. The quantitative estimate of drug-likeness (QED) is 0.556. The normalized spacial score (nSPS) is 25.9. The first-order chi connectivity index (χ1) is 4.86. The zero-order valence-corrected chi connectivity index (χ0v) is 5.45. The van der Waals surface area contributed by atoms with Crippen molar-refractivity contribution in [3.8, 4) is 0 Å². The van der Waals surface area contributed by atoms with Gasteiger partial charge in [-0.3, -0.25) is 0 Å². The second-order valence-corrected chi connectivity index (χ2v) is 2.61. The molecule has 0 aromatic carbocycles. The number of aliphatic hydroxyl groups is 1. The summed E-state index contributed by atoms with van der Waals surface area (Å²) in [6.45, 7) is -0.679. The smallest absolute Gasteiger partial charge is 0.384 e. The molecule has 0 aliphatic carbocycles. The zero-order valence-electron chi connectivity index (χ0n) is 5.45. The van der Waals surface area contributed by atoms with E-state index in [2.05, 4.69) is 5.32 Å². The van der Waals surface area contributed by atoms with E-state index in [0.717, 1.165) is 0 Å². The average molecular weight is 173 g/mol. The summed E-state index contributed by atoms with van der Waals surface area (Å²) in [7, 11) is 0. The minimum atomic E-state index is -4.96. The molecule has 66 valence electrons. The Morgan fingerprint density at radius 1 is 1.36 bits per heavy atom. The van der Waals surface area contributed by atoms with Crippen molar-refractivity contribution >= 4 is 0 Å². The van der Waals surface area contributed by atoms with Crippen LogP contribution in [0.15, 0.2) is 0 Å². The fourth-order valence-corrected chi connectivity index (χ4v) is 0.865. The van der Waals surface area contributed by atoms with Gasteiger partial charge in [-0.25, -0.2) is 4.39 Å². The molecule has 11 heavy (non-hydrogen) atoms. The second-order valence-electron chi connectivity index (χ2n) is 2.61. The van der Waals surface area contributed by atoms with Crippen LogP contribution >= 0.6 is 0 Å². The maximum atomic E-state index is 12.3. The maximum absolute atomic E-state index is 12.3. The fraction of sp³-hybridized carbons (Fsp3) is 1.00. The van der Waals surface area contributed by atoms with E-state index in [-0.39, 0.29) is 13.1 Å². The Balaban J connectivity index is 2.60. The molecule has 1 atom stereocenters. The molecule has 1 fully saturated rings. The number of hydrogen-bond acceptors (Lipinski definition) is 2. The monoisotopic (exact) mass is 173 g/mol. The summed E-state index contributed by atoms with van der Waals surface area (Å²) >= 11 is 0. The topological polar surface area (TPSA) is 32.3 Å². The Morgan fingerprint density at radius 2 is 1.82 bits per heavy atom. The minimum Gasteiger partial charge on any atom is -0.384 e. The predicted molar refractivity (Wildman–Crippen MR) is 28.8 cm³/mol. The highest BCUT2D eigenvalue weighted by Gasteiger charge is 2.56. The van der Waals surface area contributed by atoms with Gasteiger partial charge in [0.25, 0.3) is 0 Å². The summed E-state index contributed by atoms with van der Waals surface area (Å²) in [6, 6.07) is 0. The van der Waals surface area contributed by atoms with Crippen molar-refractivity contribution in [3.63, 3.8) is 0 Å². The molecule has 0 amide bonds. The number of halogens is 4. The Bertz CT molecular complexity index is 153. The Morgan fingerprint density at radius 3 is 1.91 bits per heavy atom. The van der Waals surface area contributed by atoms with Crippen molar-refractivity contribution in [1.82, 2.24) is 5.32 Å². The lowest BCUT2D eigenvalue weighted by molar-refractivity contribution is -0.240. The van der Waals surface area contributed by atoms with Gasteiger partial charge in [0.05, 0.1) is 0 Å². The largest absolute Gasteiger partial charge is 0.422 e.